The van der Waals surface area contributed by atoms with E-state index in [0.717, 1.165) is 55.3 Å². The van der Waals surface area contributed by atoms with Gasteiger partial charge in [-0.15, -0.1) is 0 Å². The largest absolute Gasteiger partial charge is 0.479 e. The maximum absolute atomic E-state index is 11.5. The van der Waals surface area contributed by atoms with Crippen LogP contribution in [0.2, 0.25) is 0 Å². The van der Waals surface area contributed by atoms with Gasteiger partial charge in [0.05, 0.1) is 6.10 Å². The Morgan fingerprint density at radius 1 is 1.00 bits per heavy atom. The third kappa shape index (κ3) is 5.32. The smallest absolute Gasteiger partial charge is 0.335 e. The van der Waals surface area contributed by atoms with E-state index in [1.54, 1.807) is 0 Å². The molecule has 0 aromatic carbocycles. The number of fused-ring (bicyclic) bond motifs is 5. The van der Waals surface area contributed by atoms with Crippen molar-refractivity contribution in [2.24, 2.45) is 46.3 Å². The van der Waals surface area contributed by atoms with Gasteiger partial charge in [0.25, 0.3) is 0 Å². The Labute approximate surface area is 240 Å². The monoisotopic (exact) mass is 562 g/mol. The number of carbonyl (C=O) groups is 1. The Balaban J connectivity index is 1.25. The summed E-state index contributed by atoms with van der Waals surface area (Å²) in [4.78, 5) is 11.5. The van der Waals surface area contributed by atoms with E-state index in [4.69, 9.17) is 9.47 Å². The summed E-state index contributed by atoms with van der Waals surface area (Å²) >= 11 is 0. The Bertz CT molecular complexity index is 949. The van der Waals surface area contributed by atoms with Crippen LogP contribution in [0, 0.1) is 46.3 Å². The molecule has 13 atom stereocenters. The third-order valence-electron chi connectivity index (χ3n) is 12.4. The molecule has 0 bridgehead atoms. The van der Waals surface area contributed by atoms with Crippen molar-refractivity contribution in [2.45, 2.75) is 142 Å². The van der Waals surface area contributed by atoms with Gasteiger partial charge in [0.2, 0.25) is 0 Å². The highest BCUT2D eigenvalue weighted by Crippen LogP contribution is 2.67. The summed E-state index contributed by atoms with van der Waals surface area (Å²) in [6.07, 6.45) is 7.65. The highest BCUT2D eigenvalue weighted by atomic mass is 16.7. The van der Waals surface area contributed by atoms with E-state index < -0.39 is 36.7 Å². The SMILES string of the molecule is CC(C)CCC[C@@H](C)[C@H]1CCC2C3CC=C4CC(OC5O[C@H](C(=O)O)[C@@H](O)[C@H](O)[C@H]5O)CC[C@]4(C)C3CC[C@@]21C. The first-order chi connectivity index (χ1) is 18.9. The van der Waals surface area contributed by atoms with Crippen molar-refractivity contribution in [3.63, 3.8) is 0 Å². The van der Waals surface area contributed by atoms with Crippen molar-refractivity contribution in [3.05, 3.63) is 11.6 Å². The zero-order chi connectivity index (χ0) is 29.0. The van der Waals surface area contributed by atoms with Crippen LogP contribution in [0.5, 0.6) is 0 Å². The summed E-state index contributed by atoms with van der Waals surface area (Å²) in [5, 5.41) is 40.0. The number of hydrogen-bond donors (Lipinski definition) is 4. The van der Waals surface area contributed by atoms with Gasteiger partial charge in [0.1, 0.15) is 18.3 Å². The second kappa shape index (κ2) is 11.6. The Morgan fingerprint density at radius 2 is 1.75 bits per heavy atom. The minimum Gasteiger partial charge on any atom is -0.479 e. The topological polar surface area (TPSA) is 116 Å². The minimum absolute atomic E-state index is 0.149. The fourth-order valence-corrected chi connectivity index (χ4v) is 10.1. The summed E-state index contributed by atoms with van der Waals surface area (Å²) in [5.41, 5.74) is 2.04. The molecule has 4 aliphatic carbocycles. The molecule has 40 heavy (non-hydrogen) atoms. The molecule has 4 fully saturated rings. The number of hydrogen-bond acceptors (Lipinski definition) is 6. The van der Waals surface area contributed by atoms with Gasteiger partial charge in [-0.3, -0.25) is 0 Å². The quantitative estimate of drug-likeness (QED) is 0.297. The average Bonchev–Trinajstić information content (AvgIpc) is 3.26. The van der Waals surface area contributed by atoms with Crippen molar-refractivity contribution in [1.29, 1.82) is 0 Å². The van der Waals surface area contributed by atoms with Gasteiger partial charge < -0.3 is 29.9 Å². The highest BCUT2D eigenvalue weighted by molar-refractivity contribution is 5.73. The van der Waals surface area contributed by atoms with Crippen LogP contribution in [0.1, 0.15) is 105 Å². The predicted molar refractivity (Wildman–Crippen MR) is 152 cm³/mol. The predicted octanol–water partition coefficient (Wildman–Crippen LogP) is 5.31. The highest BCUT2D eigenvalue weighted by Gasteiger charge is 2.59. The van der Waals surface area contributed by atoms with Crippen LogP contribution in [0.4, 0.5) is 0 Å². The number of aliphatic hydroxyl groups is 3. The molecule has 1 aliphatic heterocycles. The Morgan fingerprint density at radius 3 is 2.45 bits per heavy atom. The van der Waals surface area contributed by atoms with E-state index in [1.165, 1.54) is 50.5 Å². The lowest BCUT2D eigenvalue weighted by Crippen LogP contribution is -2.61. The molecule has 0 aromatic heterocycles. The van der Waals surface area contributed by atoms with E-state index >= 15 is 0 Å². The van der Waals surface area contributed by atoms with Crippen LogP contribution < -0.4 is 0 Å². The zero-order valence-corrected chi connectivity index (χ0v) is 25.3. The molecule has 0 radical (unpaired) electrons. The van der Waals surface area contributed by atoms with Crippen molar-refractivity contribution in [2.75, 3.05) is 0 Å². The van der Waals surface area contributed by atoms with Crippen molar-refractivity contribution < 1.29 is 34.7 Å². The number of carboxylic acids is 1. The lowest BCUT2D eigenvalue weighted by atomic mass is 9.47. The number of allylic oxidation sites excluding steroid dienone is 1. The van der Waals surface area contributed by atoms with Crippen LogP contribution in [0.3, 0.4) is 0 Å². The zero-order valence-electron chi connectivity index (χ0n) is 25.3. The van der Waals surface area contributed by atoms with Crippen molar-refractivity contribution in [1.82, 2.24) is 0 Å². The molecule has 228 valence electrons. The Kier molecular flexibility index (Phi) is 8.83. The molecular weight excluding hydrogens is 508 g/mol. The van der Waals surface area contributed by atoms with Crippen LogP contribution in [0.15, 0.2) is 11.6 Å². The molecule has 7 heteroatoms. The van der Waals surface area contributed by atoms with Gasteiger partial charge in [-0.05, 0) is 97.7 Å². The van der Waals surface area contributed by atoms with Crippen LogP contribution in [-0.4, -0.2) is 63.2 Å². The van der Waals surface area contributed by atoms with Gasteiger partial charge in [0, 0.05) is 0 Å². The number of aliphatic carboxylic acids is 1. The first kappa shape index (κ1) is 30.5. The van der Waals surface area contributed by atoms with Crippen LogP contribution in [0.25, 0.3) is 0 Å². The summed E-state index contributed by atoms with van der Waals surface area (Å²) in [6, 6.07) is 0. The minimum atomic E-state index is -1.70. The maximum Gasteiger partial charge on any atom is 0.335 e. The van der Waals surface area contributed by atoms with E-state index in [-0.39, 0.29) is 11.5 Å². The maximum atomic E-state index is 11.5. The van der Waals surface area contributed by atoms with Gasteiger partial charge in [-0.1, -0.05) is 65.5 Å². The normalized spacial score (nSPS) is 47.7. The first-order valence-electron chi connectivity index (χ1n) is 16.1. The molecule has 1 saturated heterocycles. The molecule has 5 unspecified atom stereocenters. The van der Waals surface area contributed by atoms with Gasteiger partial charge >= 0.3 is 5.97 Å². The van der Waals surface area contributed by atoms with Crippen LogP contribution >= 0.6 is 0 Å². The fraction of sp³-hybridized carbons (Fsp3) is 0.909. The van der Waals surface area contributed by atoms with Gasteiger partial charge in [0.15, 0.2) is 12.4 Å². The third-order valence-corrected chi connectivity index (χ3v) is 12.4. The molecule has 3 saturated carbocycles. The molecule has 5 aliphatic rings. The second-order valence-corrected chi connectivity index (χ2v) is 15.0. The summed E-state index contributed by atoms with van der Waals surface area (Å²) in [7, 11) is 0. The molecule has 0 amide bonds. The van der Waals surface area contributed by atoms with E-state index in [9.17, 15) is 25.2 Å². The molecular formula is C33H54O7. The summed E-state index contributed by atoms with van der Waals surface area (Å²) < 4.78 is 11.5. The molecule has 5 rings (SSSR count). The lowest BCUT2D eigenvalue weighted by Gasteiger charge is -2.58. The lowest BCUT2D eigenvalue weighted by molar-refractivity contribution is -0.306. The van der Waals surface area contributed by atoms with Crippen molar-refractivity contribution in [3.8, 4) is 0 Å². The summed E-state index contributed by atoms with van der Waals surface area (Å²) in [6.45, 7) is 12.3. The van der Waals surface area contributed by atoms with Crippen molar-refractivity contribution >= 4 is 5.97 Å². The van der Waals surface area contributed by atoms with Gasteiger partial charge in [-0.25, -0.2) is 4.79 Å². The molecule has 0 spiro atoms. The van der Waals surface area contributed by atoms with Crippen LogP contribution in [-0.2, 0) is 14.3 Å². The molecule has 7 nitrogen and oxygen atoms in total. The van der Waals surface area contributed by atoms with E-state index in [1.807, 2.05) is 0 Å². The molecule has 0 aromatic rings. The first-order valence-corrected chi connectivity index (χ1v) is 16.1. The number of aliphatic hydroxyl groups excluding tert-OH is 3. The average molecular weight is 563 g/mol. The number of rotatable bonds is 8. The number of ether oxygens (including phenoxy) is 2. The van der Waals surface area contributed by atoms with E-state index in [0.29, 0.717) is 11.3 Å². The van der Waals surface area contributed by atoms with Gasteiger partial charge in [-0.2, -0.15) is 0 Å². The fourth-order valence-electron chi connectivity index (χ4n) is 10.1. The second-order valence-electron chi connectivity index (χ2n) is 15.0. The number of carboxylic acid groups (broad SMARTS) is 1. The molecule has 4 N–H and O–H groups in total. The standard InChI is InChI=1S/C33H54O7/c1-18(2)7-6-8-19(3)23-11-12-24-22-10-9-20-17-21(13-15-32(20,4)25(22)14-16-33(23,24)5)39-31-28(36)26(34)27(35)29(40-31)30(37)38/h9,18-19,21-29,31,34-36H,6-8,10-17H2,1-5H3,(H,37,38)/t19-,21?,22?,23-,24?,25?,26+,27+,28-,29+,31?,32+,33-/m1/s1. The molecule has 1 heterocycles. The van der Waals surface area contributed by atoms with E-state index in [2.05, 4.69) is 40.7 Å². The Hall–Kier alpha value is -0.990. The summed E-state index contributed by atoms with van der Waals surface area (Å²) in [5.74, 6) is 3.30.